The summed E-state index contributed by atoms with van der Waals surface area (Å²) in [5.41, 5.74) is 1.84. The van der Waals surface area contributed by atoms with Gasteiger partial charge >= 0.3 is 0 Å². The number of carbonyl (C=O) groups excluding carboxylic acids is 2. The van der Waals surface area contributed by atoms with Gasteiger partial charge in [0, 0.05) is 24.7 Å². The maximum absolute atomic E-state index is 12.1. The van der Waals surface area contributed by atoms with Gasteiger partial charge in [0.2, 0.25) is 11.8 Å². The van der Waals surface area contributed by atoms with Gasteiger partial charge in [0.05, 0.1) is 6.04 Å². The maximum atomic E-state index is 12.1. The summed E-state index contributed by atoms with van der Waals surface area (Å²) in [6.07, 6.45) is 3.60. The Morgan fingerprint density at radius 3 is 2.39 bits per heavy atom. The molecule has 1 aliphatic heterocycles. The fourth-order valence-electron chi connectivity index (χ4n) is 2.65. The van der Waals surface area contributed by atoms with Gasteiger partial charge in [0.25, 0.3) is 0 Å². The van der Waals surface area contributed by atoms with Crippen LogP contribution in [0.25, 0.3) is 6.08 Å². The molecule has 1 N–H and O–H groups in total. The lowest BCUT2D eigenvalue weighted by Crippen LogP contribution is -2.36. The van der Waals surface area contributed by atoms with Crippen LogP contribution in [0.2, 0.25) is 0 Å². The molecular weight excluding hydrogens is 288 g/mol. The summed E-state index contributed by atoms with van der Waals surface area (Å²) >= 11 is 0. The fraction of sp³-hybridized carbons (Fsp3) is 0.158. The number of rotatable bonds is 4. The van der Waals surface area contributed by atoms with Crippen LogP contribution in [0.4, 0.5) is 5.69 Å². The SMILES string of the molecule is O=C(/C=C\c1ccccc1)N[C@H]1CC(=O)N(c2ccccc2)C1. The highest BCUT2D eigenvalue weighted by molar-refractivity contribution is 5.98. The lowest BCUT2D eigenvalue weighted by Gasteiger charge is -2.16. The first kappa shape index (κ1) is 15.0. The Morgan fingerprint density at radius 1 is 1.04 bits per heavy atom. The Kier molecular flexibility index (Phi) is 4.52. The summed E-state index contributed by atoms with van der Waals surface area (Å²) < 4.78 is 0. The molecule has 0 bridgehead atoms. The molecule has 2 aromatic carbocycles. The molecule has 0 saturated carbocycles. The Balaban J connectivity index is 1.58. The molecule has 0 aromatic heterocycles. The molecule has 2 amide bonds. The van der Waals surface area contributed by atoms with Crippen molar-refractivity contribution in [2.75, 3.05) is 11.4 Å². The molecule has 1 heterocycles. The average molecular weight is 306 g/mol. The molecule has 0 aliphatic carbocycles. The fourth-order valence-corrected chi connectivity index (χ4v) is 2.65. The zero-order valence-electron chi connectivity index (χ0n) is 12.7. The molecule has 1 fully saturated rings. The zero-order chi connectivity index (χ0) is 16.1. The Hall–Kier alpha value is -2.88. The second-order valence-electron chi connectivity index (χ2n) is 5.49. The standard InChI is InChI=1S/C19H18N2O2/c22-18(12-11-15-7-3-1-4-8-15)20-16-13-19(23)21(14-16)17-9-5-2-6-10-17/h1-12,16H,13-14H2,(H,20,22)/b12-11-/t16-/m0/s1. The number of benzene rings is 2. The van der Waals surface area contributed by atoms with Gasteiger partial charge in [0.1, 0.15) is 0 Å². The summed E-state index contributed by atoms with van der Waals surface area (Å²) in [4.78, 5) is 25.8. The molecule has 1 atom stereocenters. The van der Waals surface area contributed by atoms with Crippen LogP contribution in [0.5, 0.6) is 0 Å². The van der Waals surface area contributed by atoms with Crippen molar-refractivity contribution in [3.05, 3.63) is 72.3 Å². The number of hydrogen-bond donors (Lipinski definition) is 1. The van der Waals surface area contributed by atoms with E-state index in [1.54, 1.807) is 11.0 Å². The minimum absolute atomic E-state index is 0.0357. The van der Waals surface area contributed by atoms with E-state index in [1.807, 2.05) is 60.7 Å². The van der Waals surface area contributed by atoms with Crippen LogP contribution >= 0.6 is 0 Å². The molecule has 0 unspecified atom stereocenters. The van der Waals surface area contributed by atoms with Gasteiger partial charge in [0.15, 0.2) is 0 Å². The predicted molar refractivity (Wildman–Crippen MR) is 90.8 cm³/mol. The Morgan fingerprint density at radius 2 is 1.70 bits per heavy atom. The highest BCUT2D eigenvalue weighted by Crippen LogP contribution is 2.20. The van der Waals surface area contributed by atoms with Crippen molar-refractivity contribution >= 4 is 23.6 Å². The van der Waals surface area contributed by atoms with Crippen molar-refractivity contribution in [2.24, 2.45) is 0 Å². The number of para-hydroxylation sites is 1. The van der Waals surface area contributed by atoms with E-state index in [0.717, 1.165) is 11.3 Å². The minimum atomic E-state index is -0.179. The zero-order valence-corrected chi connectivity index (χ0v) is 12.7. The number of hydrogen-bond acceptors (Lipinski definition) is 2. The van der Waals surface area contributed by atoms with Gasteiger partial charge in [-0.15, -0.1) is 0 Å². The van der Waals surface area contributed by atoms with Crippen LogP contribution in [-0.4, -0.2) is 24.4 Å². The van der Waals surface area contributed by atoms with Gasteiger partial charge in [-0.2, -0.15) is 0 Å². The number of carbonyl (C=O) groups is 2. The minimum Gasteiger partial charge on any atom is -0.347 e. The molecule has 3 rings (SSSR count). The summed E-state index contributed by atoms with van der Waals surface area (Å²) in [6, 6.07) is 19.0. The normalized spacial score (nSPS) is 17.7. The van der Waals surface area contributed by atoms with Crippen molar-refractivity contribution in [3.8, 4) is 0 Å². The van der Waals surface area contributed by atoms with Gasteiger partial charge in [-0.05, 0) is 23.8 Å². The van der Waals surface area contributed by atoms with Crippen LogP contribution in [-0.2, 0) is 9.59 Å². The molecule has 1 aliphatic rings. The smallest absolute Gasteiger partial charge is 0.244 e. The van der Waals surface area contributed by atoms with Crippen molar-refractivity contribution < 1.29 is 9.59 Å². The van der Waals surface area contributed by atoms with Crippen LogP contribution in [0, 0.1) is 0 Å². The van der Waals surface area contributed by atoms with E-state index >= 15 is 0 Å². The van der Waals surface area contributed by atoms with Crippen molar-refractivity contribution in [1.82, 2.24) is 5.32 Å². The maximum Gasteiger partial charge on any atom is 0.244 e. The van der Waals surface area contributed by atoms with E-state index in [4.69, 9.17) is 0 Å². The summed E-state index contributed by atoms with van der Waals surface area (Å²) in [5.74, 6) is -0.143. The molecular formula is C19H18N2O2. The van der Waals surface area contributed by atoms with Crippen LogP contribution < -0.4 is 10.2 Å². The molecule has 0 spiro atoms. The Bertz CT molecular complexity index is 711. The van der Waals surface area contributed by atoms with Gasteiger partial charge < -0.3 is 10.2 Å². The average Bonchev–Trinajstić information content (AvgIpc) is 2.95. The summed E-state index contributed by atoms with van der Waals surface area (Å²) in [5, 5.41) is 2.89. The largest absolute Gasteiger partial charge is 0.347 e. The lowest BCUT2D eigenvalue weighted by molar-refractivity contribution is -0.117. The summed E-state index contributed by atoms with van der Waals surface area (Å²) in [6.45, 7) is 0.508. The van der Waals surface area contributed by atoms with Crippen molar-refractivity contribution in [1.29, 1.82) is 0 Å². The quantitative estimate of drug-likeness (QED) is 0.883. The van der Waals surface area contributed by atoms with E-state index in [2.05, 4.69) is 5.32 Å². The first-order valence-corrected chi connectivity index (χ1v) is 7.61. The number of amides is 2. The van der Waals surface area contributed by atoms with E-state index < -0.39 is 0 Å². The monoisotopic (exact) mass is 306 g/mol. The van der Waals surface area contributed by atoms with Crippen LogP contribution in [0.1, 0.15) is 12.0 Å². The number of anilines is 1. The summed E-state index contributed by atoms with van der Waals surface area (Å²) in [7, 11) is 0. The first-order valence-electron chi connectivity index (χ1n) is 7.61. The molecule has 1 saturated heterocycles. The first-order chi connectivity index (χ1) is 11.2. The third kappa shape index (κ3) is 3.86. The highest BCUT2D eigenvalue weighted by atomic mass is 16.2. The number of nitrogens with one attached hydrogen (secondary N) is 1. The van der Waals surface area contributed by atoms with Crippen molar-refractivity contribution in [3.63, 3.8) is 0 Å². The van der Waals surface area contributed by atoms with Gasteiger partial charge in [-0.3, -0.25) is 9.59 Å². The van der Waals surface area contributed by atoms with Gasteiger partial charge in [-0.1, -0.05) is 48.5 Å². The molecule has 4 nitrogen and oxygen atoms in total. The third-order valence-corrected chi connectivity index (χ3v) is 3.77. The van der Waals surface area contributed by atoms with E-state index in [9.17, 15) is 9.59 Å². The number of nitrogens with zero attached hydrogens (tertiary/aromatic N) is 1. The molecule has 4 heteroatoms. The van der Waals surface area contributed by atoms with Gasteiger partial charge in [-0.25, -0.2) is 0 Å². The van der Waals surface area contributed by atoms with E-state index in [0.29, 0.717) is 13.0 Å². The van der Waals surface area contributed by atoms with Crippen LogP contribution in [0.15, 0.2) is 66.7 Å². The highest BCUT2D eigenvalue weighted by Gasteiger charge is 2.30. The second kappa shape index (κ2) is 6.92. The second-order valence-corrected chi connectivity index (χ2v) is 5.49. The van der Waals surface area contributed by atoms with Crippen molar-refractivity contribution in [2.45, 2.75) is 12.5 Å². The van der Waals surface area contributed by atoms with E-state index in [-0.39, 0.29) is 17.9 Å². The third-order valence-electron chi connectivity index (χ3n) is 3.77. The Labute approximate surface area is 135 Å². The molecule has 2 aromatic rings. The predicted octanol–water partition coefficient (Wildman–Crippen LogP) is 2.62. The lowest BCUT2D eigenvalue weighted by atomic mass is 10.2. The topological polar surface area (TPSA) is 49.4 Å². The van der Waals surface area contributed by atoms with Crippen LogP contribution in [0.3, 0.4) is 0 Å². The van der Waals surface area contributed by atoms with E-state index in [1.165, 1.54) is 6.08 Å². The molecule has 116 valence electrons. The molecule has 23 heavy (non-hydrogen) atoms. The molecule has 0 radical (unpaired) electrons.